The summed E-state index contributed by atoms with van der Waals surface area (Å²) in [7, 11) is 0. The van der Waals surface area contributed by atoms with Crippen molar-refractivity contribution in [3.05, 3.63) is 95.3 Å². The van der Waals surface area contributed by atoms with Crippen molar-refractivity contribution in [3.63, 3.8) is 0 Å². The van der Waals surface area contributed by atoms with Gasteiger partial charge in [-0.3, -0.25) is 0 Å². The van der Waals surface area contributed by atoms with E-state index in [0.717, 1.165) is 5.39 Å². The van der Waals surface area contributed by atoms with E-state index in [1.54, 1.807) is 12.1 Å². The van der Waals surface area contributed by atoms with Gasteiger partial charge in [0.25, 0.3) is 0 Å². The second kappa shape index (κ2) is 6.87. The first-order valence-electron chi connectivity index (χ1n) is 7.91. The van der Waals surface area contributed by atoms with E-state index in [1.807, 2.05) is 30.0 Å². The zero-order valence-corrected chi connectivity index (χ0v) is 14.1. The van der Waals surface area contributed by atoms with Crippen LogP contribution < -0.4 is 10.9 Å². The highest BCUT2D eigenvalue weighted by Gasteiger charge is 2.13. The first-order chi connectivity index (χ1) is 12.3. The molecule has 0 aliphatic carbocycles. The number of para-hydroxylation sites is 3. The van der Waals surface area contributed by atoms with Crippen molar-refractivity contribution in [2.75, 3.05) is 5.32 Å². The van der Waals surface area contributed by atoms with E-state index in [-0.39, 0.29) is 5.63 Å². The van der Waals surface area contributed by atoms with Crippen LogP contribution in [0.5, 0.6) is 0 Å². The molecule has 1 N–H and O–H groups in total. The second-order valence-electron chi connectivity index (χ2n) is 5.51. The van der Waals surface area contributed by atoms with Gasteiger partial charge in [-0.2, -0.15) is 0 Å². The van der Waals surface area contributed by atoms with Gasteiger partial charge < -0.3 is 9.73 Å². The fourth-order valence-corrected chi connectivity index (χ4v) is 3.58. The highest BCUT2D eigenvalue weighted by Crippen LogP contribution is 2.43. The zero-order chi connectivity index (χ0) is 17.1. The van der Waals surface area contributed by atoms with Crippen LogP contribution >= 0.6 is 11.8 Å². The van der Waals surface area contributed by atoms with Crippen LogP contribution in [0.25, 0.3) is 11.0 Å². The minimum Gasteiger partial charge on any atom is -0.423 e. The van der Waals surface area contributed by atoms with Gasteiger partial charge in [-0.15, -0.1) is 0 Å². The quantitative estimate of drug-likeness (QED) is 0.366. The van der Waals surface area contributed by atoms with Crippen molar-refractivity contribution < 1.29 is 4.42 Å². The van der Waals surface area contributed by atoms with Crippen molar-refractivity contribution in [1.82, 2.24) is 0 Å². The molecular formula is C21H15NO2S. The van der Waals surface area contributed by atoms with Gasteiger partial charge in [0.2, 0.25) is 0 Å². The summed E-state index contributed by atoms with van der Waals surface area (Å²) in [6.45, 7) is 0. The third kappa shape index (κ3) is 3.44. The molecule has 0 saturated heterocycles. The Morgan fingerprint density at radius 2 is 1.28 bits per heavy atom. The lowest BCUT2D eigenvalue weighted by Crippen LogP contribution is -1.98. The van der Waals surface area contributed by atoms with E-state index >= 15 is 0 Å². The maximum Gasteiger partial charge on any atom is 0.336 e. The highest BCUT2D eigenvalue weighted by molar-refractivity contribution is 7.99. The molecule has 0 amide bonds. The molecule has 0 fully saturated rings. The topological polar surface area (TPSA) is 42.2 Å². The van der Waals surface area contributed by atoms with Crippen LogP contribution in [0, 0.1) is 0 Å². The maximum absolute atomic E-state index is 10.7. The van der Waals surface area contributed by atoms with E-state index in [1.165, 1.54) is 27.2 Å². The summed E-state index contributed by atoms with van der Waals surface area (Å²) >= 11 is 1.82. The van der Waals surface area contributed by atoms with Crippen LogP contribution in [-0.4, -0.2) is 0 Å². The van der Waals surface area contributed by atoms with Crippen LogP contribution in [0.1, 0.15) is 0 Å². The predicted molar refractivity (Wildman–Crippen MR) is 103 cm³/mol. The number of rotatable bonds is 0. The van der Waals surface area contributed by atoms with Crippen LogP contribution in [0.2, 0.25) is 0 Å². The molecule has 5 rings (SSSR count). The Bertz CT molecular complexity index is 1000. The molecule has 4 aromatic rings. The monoisotopic (exact) mass is 345 g/mol. The van der Waals surface area contributed by atoms with Gasteiger partial charge in [0, 0.05) is 21.2 Å². The van der Waals surface area contributed by atoms with Gasteiger partial charge in [0.05, 0.1) is 11.4 Å². The lowest BCUT2D eigenvalue weighted by molar-refractivity contribution is 0.561. The summed E-state index contributed by atoms with van der Waals surface area (Å²) in [6.07, 6.45) is 0. The highest BCUT2D eigenvalue weighted by atomic mass is 32.2. The average molecular weight is 345 g/mol. The normalized spacial score (nSPS) is 11.5. The van der Waals surface area contributed by atoms with Crippen LogP contribution in [-0.2, 0) is 0 Å². The largest absolute Gasteiger partial charge is 0.423 e. The molecule has 0 bridgehead atoms. The minimum atomic E-state index is -0.302. The number of hydrogen-bond donors (Lipinski definition) is 1. The predicted octanol–water partition coefficient (Wildman–Crippen LogP) is 5.69. The molecule has 1 aliphatic heterocycles. The summed E-state index contributed by atoms with van der Waals surface area (Å²) < 4.78 is 4.91. The maximum atomic E-state index is 10.7. The lowest BCUT2D eigenvalue weighted by atomic mass is 10.2. The second-order valence-corrected chi connectivity index (χ2v) is 6.60. The summed E-state index contributed by atoms with van der Waals surface area (Å²) in [6, 6.07) is 27.3. The van der Waals surface area contributed by atoms with Crippen molar-refractivity contribution in [2.24, 2.45) is 0 Å². The molecule has 3 nitrogen and oxygen atoms in total. The number of benzene rings is 3. The SMILES string of the molecule is O=c1ccc2ccccc2o1.c1ccc2c(c1)Nc1ccccc1S2. The summed E-state index contributed by atoms with van der Waals surface area (Å²) in [5.41, 5.74) is 2.75. The zero-order valence-electron chi connectivity index (χ0n) is 13.3. The van der Waals surface area contributed by atoms with E-state index in [0.29, 0.717) is 5.58 Å². The van der Waals surface area contributed by atoms with Gasteiger partial charge in [-0.05, 0) is 36.4 Å². The molecule has 1 aliphatic rings. The molecule has 0 unspecified atom stereocenters. The number of anilines is 2. The fourth-order valence-electron chi connectivity index (χ4n) is 2.59. The van der Waals surface area contributed by atoms with Crippen molar-refractivity contribution in [1.29, 1.82) is 0 Å². The van der Waals surface area contributed by atoms with E-state index < -0.39 is 0 Å². The molecule has 0 saturated carbocycles. The molecule has 0 atom stereocenters. The number of hydrogen-bond acceptors (Lipinski definition) is 4. The molecule has 122 valence electrons. The molecule has 0 spiro atoms. The molecular weight excluding hydrogens is 330 g/mol. The molecule has 0 radical (unpaired) electrons. The standard InChI is InChI=1S/C12H9NS.C9H6O2/c1-3-7-11-9(5-1)13-10-6-2-4-8-12(10)14-11;10-9-6-5-7-3-1-2-4-8(7)11-9/h1-8,13H;1-6H. The molecule has 1 aromatic heterocycles. The van der Waals surface area contributed by atoms with Crippen LogP contribution in [0.15, 0.2) is 104 Å². The van der Waals surface area contributed by atoms with Gasteiger partial charge in [0.1, 0.15) is 5.58 Å². The summed E-state index contributed by atoms with van der Waals surface area (Å²) in [5, 5.41) is 4.37. The van der Waals surface area contributed by atoms with E-state index in [9.17, 15) is 4.79 Å². The third-order valence-corrected chi connectivity index (χ3v) is 4.94. The Morgan fingerprint density at radius 1 is 0.680 bits per heavy atom. The first-order valence-corrected chi connectivity index (χ1v) is 8.73. The minimum absolute atomic E-state index is 0.302. The molecule has 2 heterocycles. The van der Waals surface area contributed by atoms with E-state index in [4.69, 9.17) is 4.42 Å². The van der Waals surface area contributed by atoms with Gasteiger partial charge in [0.15, 0.2) is 0 Å². The van der Waals surface area contributed by atoms with Crippen molar-refractivity contribution in [2.45, 2.75) is 9.79 Å². The Labute approximate surface area is 149 Å². The average Bonchev–Trinajstić information content (AvgIpc) is 2.66. The van der Waals surface area contributed by atoms with Gasteiger partial charge in [-0.25, -0.2) is 4.79 Å². The molecule has 3 aromatic carbocycles. The van der Waals surface area contributed by atoms with E-state index in [2.05, 4.69) is 53.8 Å². The Kier molecular flexibility index (Phi) is 4.27. The summed E-state index contributed by atoms with van der Waals surface area (Å²) in [5.74, 6) is 0. The Hall–Kier alpha value is -2.98. The third-order valence-electron chi connectivity index (χ3n) is 3.79. The van der Waals surface area contributed by atoms with Gasteiger partial charge in [-0.1, -0.05) is 54.2 Å². The van der Waals surface area contributed by atoms with Crippen LogP contribution in [0.4, 0.5) is 11.4 Å². The fraction of sp³-hybridized carbons (Fsp3) is 0. The smallest absolute Gasteiger partial charge is 0.336 e. The Morgan fingerprint density at radius 3 is 2.00 bits per heavy atom. The van der Waals surface area contributed by atoms with Gasteiger partial charge >= 0.3 is 5.63 Å². The lowest BCUT2D eigenvalue weighted by Gasteiger charge is -2.19. The molecule has 4 heteroatoms. The molecule has 25 heavy (non-hydrogen) atoms. The van der Waals surface area contributed by atoms with Crippen molar-refractivity contribution in [3.8, 4) is 0 Å². The number of nitrogens with one attached hydrogen (secondary N) is 1. The van der Waals surface area contributed by atoms with Crippen molar-refractivity contribution >= 4 is 34.1 Å². The summed E-state index contributed by atoms with van der Waals surface area (Å²) in [4.78, 5) is 13.3. The Balaban J connectivity index is 0.000000129. The van der Waals surface area contributed by atoms with Crippen LogP contribution in [0.3, 0.4) is 0 Å². The first kappa shape index (κ1) is 15.5. The number of fused-ring (bicyclic) bond motifs is 3.